The van der Waals surface area contributed by atoms with Crippen molar-refractivity contribution in [2.75, 3.05) is 20.1 Å². The van der Waals surface area contributed by atoms with Crippen LogP contribution < -0.4 is 24.3 Å². The summed E-state index contributed by atoms with van der Waals surface area (Å²) in [5.41, 5.74) is 3.88. The van der Waals surface area contributed by atoms with Gasteiger partial charge in [-0.05, 0) is 60.3 Å². The smallest absolute Gasteiger partial charge is 0.231 e. The molecule has 0 amide bonds. The van der Waals surface area contributed by atoms with Crippen LogP contribution in [0.5, 0.6) is 23.0 Å². The third kappa shape index (κ3) is 2.19. The maximum absolute atomic E-state index is 5.54. The molecule has 1 atom stereocenters. The summed E-state index contributed by atoms with van der Waals surface area (Å²) in [4.78, 5) is 0. The molecule has 0 bridgehead atoms. The van der Waals surface area contributed by atoms with Crippen LogP contribution in [0.3, 0.4) is 0 Å². The van der Waals surface area contributed by atoms with Gasteiger partial charge in [-0.25, -0.2) is 0 Å². The first-order chi connectivity index (χ1) is 11.4. The van der Waals surface area contributed by atoms with Crippen LogP contribution in [-0.2, 0) is 12.8 Å². The lowest BCUT2D eigenvalue weighted by Gasteiger charge is -2.27. The van der Waals surface area contributed by atoms with Gasteiger partial charge in [-0.3, -0.25) is 0 Å². The van der Waals surface area contributed by atoms with E-state index >= 15 is 0 Å². The molecule has 5 nitrogen and oxygen atoms in total. The Labute approximate surface area is 134 Å². The maximum atomic E-state index is 5.54. The third-order valence-electron chi connectivity index (χ3n) is 4.67. The van der Waals surface area contributed by atoms with E-state index in [-0.39, 0.29) is 6.04 Å². The molecular weight excluding hydrogens is 294 g/mol. The van der Waals surface area contributed by atoms with Gasteiger partial charge in [0, 0.05) is 6.04 Å². The van der Waals surface area contributed by atoms with Gasteiger partial charge in [0.05, 0.1) is 0 Å². The molecule has 5 rings (SSSR count). The molecule has 118 valence electrons. The second-order valence-electron chi connectivity index (χ2n) is 6.05. The number of benzene rings is 2. The first-order valence-corrected chi connectivity index (χ1v) is 7.91. The zero-order chi connectivity index (χ0) is 15.2. The van der Waals surface area contributed by atoms with Gasteiger partial charge in [0.2, 0.25) is 13.6 Å². The average molecular weight is 311 g/mol. The van der Waals surface area contributed by atoms with Gasteiger partial charge in [-0.15, -0.1) is 0 Å². The molecule has 3 heterocycles. The molecule has 0 spiro atoms. The second kappa shape index (κ2) is 5.06. The number of nitrogens with one attached hydrogen (secondary N) is 1. The first-order valence-electron chi connectivity index (χ1n) is 7.91. The van der Waals surface area contributed by atoms with E-state index in [0.29, 0.717) is 13.6 Å². The monoisotopic (exact) mass is 311 g/mol. The highest BCUT2D eigenvalue weighted by molar-refractivity contribution is 5.51. The fourth-order valence-corrected chi connectivity index (χ4v) is 3.52. The lowest BCUT2D eigenvalue weighted by Crippen LogP contribution is -2.31. The highest BCUT2D eigenvalue weighted by atomic mass is 16.7. The summed E-state index contributed by atoms with van der Waals surface area (Å²) in [6.07, 6.45) is 1.92. The Bertz CT molecular complexity index is 774. The van der Waals surface area contributed by atoms with Gasteiger partial charge in [0.25, 0.3) is 0 Å². The van der Waals surface area contributed by atoms with Crippen LogP contribution in [0.25, 0.3) is 0 Å². The lowest BCUT2D eigenvalue weighted by molar-refractivity contribution is 0.173. The largest absolute Gasteiger partial charge is 0.454 e. The van der Waals surface area contributed by atoms with E-state index in [2.05, 4.69) is 29.6 Å². The van der Waals surface area contributed by atoms with E-state index in [1.807, 2.05) is 6.07 Å². The number of hydrogen-bond donors (Lipinski definition) is 1. The Morgan fingerprint density at radius 2 is 1.61 bits per heavy atom. The Morgan fingerprint density at radius 1 is 0.870 bits per heavy atom. The van der Waals surface area contributed by atoms with Gasteiger partial charge in [-0.1, -0.05) is 6.07 Å². The summed E-state index contributed by atoms with van der Waals surface area (Å²) in [7, 11) is 0. The summed E-state index contributed by atoms with van der Waals surface area (Å²) >= 11 is 0. The quantitative estimate of drug-likeness (QED) is 0.924. The molecular formula is C18H17NO4. The maximum Gasteiger partial charge on any atom is 0.231 e. The fraction of sp³-hybridized carbons (Fsp3) is 0.333. The number of rotatable bonds is 2. The van der Waals surface area contributed by atoms with E-state index in [1.165, 1.54) is 16.7 Å². The van der Waals surface area contributed by atoms with Gasteiger partial charge < -0.3 is 24.3 Å². The first kappa shape index (κ1) is 13.1. The molecule has 0 aliphatic carbocycles. The molecule has 0 radical (unpaired) electrons. The SMILES string of the molecule is c1cc2c(cc1C[C@@H]1NCCc3cc4c(cc31)OCO4)OCO2. The van der Waals surface area contributed by atoms with E-state index in [9.17, 15) is 0 Å². The minimum atomic E-state index is 0.272. The molecule has 5 heteroatoms. The summed E-state index contributed by atoms with van der Waals surface area (Å²) in [5, 5.41) is 3.61. The number of hydrogen-bond acceptors (Lipinski definition) is 5. The molecule has 0 fully saturated rings. The van der Waals surface area contributed by atoms with Gasteiger partial charge in [0.1, 0.15) is 0 Å². The number of ether oxygens (including phenoxy) is 4. The molecule has 2 aromatic carbocycles. The Kier molecular flexibility index (Phi) is 2.88. The average Bonchev–Trinajstić information content (AvgIpc) is 3.21. The van der Waals surface area contributed by atoms with E-state index in [1.54, 1.807) is 0 Å². The van der Waals surface area contributed by atoms with Crippen LogP contribution in [0, 0.1) is 0 Å². The Morgan fingerprint density at radius 3 is 2.48 bits per heavy atom. The normalized spacial score (nSPS) is 20.4. The molecule has 0 saturated heterocycles. The van der Waals surface area contributed by atoms with Gasteiger partial charge >= 0.3 is 0 Å². The third-order valence-corrected chi connectivity index (χ3v) is 4.67. The molecule has 0 unspecified atom stereocenters. The van der Waals surface area contributed by atoms with Crippen LogP contribution in [0.1, 0.15) is 22.7 Å². The molecule has 0 aromatic heterocycles. The molecule has 1 N–H and O–H groups in total. The predicted octanol–water partition coefficient (Wildman–Crippen LogP) is 2.57. The van der Waals surface area contributed by atoms with Crippen LogP contribution in [0.15, 0.2) is 30.3 Å². The highest BCUT2D eigenvalue weighted by Crippen LogP contribution is 2.39. The highest BCUT2D eigenvalue weighted by Gasteiger charge is 2.25. The van der Waals surface area contributed by atoms with Gasteiger partial charge in [0.15, 0.2) is 23.0 Å². The van der Waals surface area contributed by atoms with Crippen molar-refractivity contribution in [3.8, 4) is 23.0 Å². The minimum absolute atomic E-state index is 0.272. The minimum Gasteiger partial charge on any atom is -0.454 e. The van der Waals surface area contributed by atoms with Gasteiger partial charge in [-0.2, -0.15) is 0 Å². The van der Waals surface area contributed by atoms with Crippen molar-refractivity contribution in [3.05, 3.63) is 47.0 Å². The van der Waals surface area contributed by atoms with Crippen molar-refractivity contribution in [2.24, 2.45) is 0 Å². The molecule has 3 aliphatic rings. The predicted molar refractivity (Wildman–Crippen MR) is 83.3 cm³/mol. The second-order valence-corrected chi connectivity index (χ2v) is 6.05. The summed E-state index contributed by atoms with van der Waals surface area (Å²) in [6.45, 7) is 1.60. The fourth-order valence-electron chi connectivity index (χ4n) is 3.52. The Balaban J connectivity index is 1.46. The van der Waals surface area contributed by atoms with Crippen LogP contribution in [-0.4, -0.2) is 20.1 Å². The molecule has 0 saturated carbocycles. The zero-order valence-corrected chi connectivity index (χ0v) is 12.6. The van der Waals surface area contributed by atoms with E-state index in [0.717, 1.165) is 42.4 Å². The van der Waals surface area contributed by atoms with Crippen molar-refractivity contribution >= 4 is 0 Å². The summed E-state index contributed by atoms with van der Waals surface area (Å²) in [5.74, 6) is 3.38. The van der Waals surface area contributed by atoms with E-state index in [4.69, 9.17) is 18.9 Å². The summed E-state index contributed by atoms with van der Waals surface area (Å²) in [6, 6.07) is 10.7. The van der Waals surface area contributed by atoms with Crippen molar-refractivity contribution in [2.45, 2.75) is 18.9 Å². The van der Waals surface area contributed by atoms with Crippen LogP contribution >= 0.6 is 0 Å². The molecule has 2 aromatic rings. The summed E-state index contributed by atoms with van der Waals surface area (Å²) < 4.78 is 21.9. The lowest BCUT2D eigenvalue weighted by atomic mass is 9.90. The number of fused-ring (bicyclic) bond motifs is 3. The van der Waals surface area contributed by atoms with Crippen LogP contribution in [0.4, 0.5) is 0 Å². The topological polar surface area (TPSA) is 49.0 Å². The van der Waals surface area contributed by atoms with Crippen molar-refractivity contribution < 1.29 is 18.9 Å². The molecule has 23 heavy (non-hydrogen) atoms. The van der Waals surface area contributed by atoms with Crippen molar-refractivity contribution in [1.82, 2.24) is 5.32 Å². The van der Waals surface area contributed by atoms with Crippen molar-refractivity contribution in [1.29, 1.82) is 0 Å². The standard InChI is InChI=1S/C18H17NO4/c1-2-15-16(21-9-20-15)6-11(1)5-14-13-8-18-17(22-10-23-18)7-12(13)3-4-19-14/h1-2,6-8,14,19H,3-5,9-10H2/t14-/m0/s1. The molecule has 3 aliphatic heterocycles. The van der Waals surface area contributed by atoms with E-state index < -0.39 is 0 Å². The zero-order valence-electron chi connectivity index (χ0n) is 12.6. The van der Waals surface area contributed by atoms with Crippen molar-refractivity contribution in [3.63, 3.8) is 0 Å². The Hall–Kier alpha value is -2.40. The van der Waals surface area contributed by atoms with Crippen LogP contribution in [0.2, 0.25) is 0 Å².